The minimum atomic E-state index is -0.860. The van der Waals surface area contributed by atoms with Crippen molar-refractivity contribution >= 4 is 29.0 Å². The highest BCUT2D eigenvalue weighted by Crippen LogP contribution is 2.32. The first kappa shape index (κ1) is 22.6. The normalized spacial score (nSPS) is 12.3. The van der Waals surface area contributed by atoms with Crippen molar-refractivity contribution < 1.29 is 9.59 Å². The summed E-state index contributed by atoms with van der Waals surface area (Å²) < 4.78 is 3.85. The van der Waals surface area contributed by atoms with Crippen LogP contribution in [0.5, 0.6) is 0 Å². The lowest BCUT2D eigenvalue weighted by Gasteiger charge is -2.35. The summed E-state index contributed by atoms with van der Waals surface area (Å²) in [5, 5.41) is 8.71. The van der Waals surface area contributed by atoms with Crippen LogP contribution in [-0.2, 0) is 4.79 Å². The number of para-hydroxylation sites is 1. The third kappa shape index (κ3) is 5.17. The zero-order valence-electron chi connectivity index (χ0n) is 18.5. The van der Waals surface area contributed by atoms with Gasteiger partial charge in [-0.05, 0) is 62.8 Å². The van der Waals surface area contributed by atoms with Gasteiger partial charge in [0.25, 0.3) is 5.91 Å². The second kappa shape index (κ2) is 9.39. The lowest BCUT2D eigenvalue weighted by molar-refractivity contribution is -0.124. The predicted octanol–water partition coefficient (Wildman–Crippen LogP) is 4.85. The smallest absolute Gasteiger partial charge is 0.280 e. The average molecular weight is 437 g/mol. The van der Waals surface area contributed by atoms with Crippen LogP contribution in [-0.4, -0.2) is 26.9 Å². The SMILES string of the molecule is CCC(C)(C)NC(=O)[C@@H](c1ccc(C)cc1)N(C(=O)c1csnn1)c1ccccc1C. The van der Waals surface area contributed by atoms with Crippen LogP contribution in [0.2, 0.25) is 0 Å². The molecule has 1 heterocycles. The Morgan fingerprint density at radius 3 is 2.35 bits per heavy atom. The van der Waals surface area contributed by atoms with Crippen molar-refractivity contribution in [1.29, 1.82) is 0 Å². The molecule has 0 bridgehead atoms. The Kier molecular flexibility index (Phi) is 6.85. The second-order valence-corrected chi connectivity index (χ2v) is 8.90. The van der Waals surface area contributed by atoms with Gasteiger partial charge in [-0.3, -0.25) is 14.5 Å². The molecule has 0 aliphatic carbocycles. The van der Waals surface area contributed by atoms with Crippen molar-refractivity contribution in [2.24, 2.45) is 0 Å². The first-order valence-corrected chi connectivity index (χ1v) is 11.1. The molecule has 0 saturated carbocycles. The number of aryl methyl sites for hydroxylation is 2. The van der Waals surface area contributed by atoms with Crippen LogP contribution in [0.1, 0.15) is 60.4 Å². The number of aromatic nitrogens is 2. The van der Waals surface area contributed by atoms with Gasteiger partial charge in [0.2, 0.25) is 5.91 Å². The molecule has 162 valence electrons. The Morgan fingerprint density at radius 2 is 1.77 bits per heavy atom. The molecule has 6 nitrogen and oxygen atoms in total. The van der Waals surface area contributed by atoms with E-state index in [1.807, 2.05) is 83.1 Å². The molecule has 31 heavy (non-hydrogen) atoms. The summed E-state index contributed by atoms with van der Waals surface area (Å²) >= 11 is 1.11. The molecule has 1 N–H and O–H groups in total. The lowest BCUT2D eigenvalue weighted by atomic mass is 9.97. The van der Waals surface area contributed by atoms with Crippen LogP contribution < -0.4 is 10.2 Å². The van der Waals surface area contributed by atoms with E-state index >= 15 is 0 Å². The molecule has 2 aromatic carbocycles. The van der Waals surface area contributed by atoms with E-state index in [2.05, 4.69) is 14.9 Å². The minimum Gasteiger partial charge on any atom is -0.349 e. The number of anilines is 1. The summed E-state index contributed by atoms with van der Waals surface area (Å²) in [5.41, 5.74) is 3.16. The van der Waals surface area contributed by atoms with Crippen LogP contribution in [0.4, 0.5) is 5.69 Å². The van der Waals surface area contributed by atoms with Crippen molar-refractivity contribution in [2.45, 2.75) is 52.6 Å². The average Bonchev–Trinajstić information content (AvgIpc) is 3.28. The zero-order chi connectivity index (χ0) is 22.6. The van der Waals surface area contributed by atoms with Gasteiger partial charge in [0.1, 0.15) is 6.04 Å². The molecular formula is C24H28N4O2S. The number of benzene rings is 2. The minimum absolute atomic E-state index is 0.216. The van der Waals surface area contributed by atoms with Gasteiger partial charge in [0.05, 0.1) is 0 Å². The molecule has 1 atom stereocenters. The van der Waals surface area contributed by atoms with Crippen LogP contribution in [0.3, 0.4) is 0 Å². The fourth-order valence-corrected chi connectivity index (χ4v) is 3.67. The van der Waals surface area contributed by atoms with Crippen LogP contribution in [0, 0.1) is 13.8 Å². The van der Waals surface area contributed by atoms with Crippen LogP contribution in [0.15, 0.2) is 53.9 Å². The second-order valence-electron chi connectivity index (χ2n) is 8.29. The first-order chi connectivity index (χ1) is 14.7. The number of nitrogens with zero attached hydrogens (tertiary/aromatic N) is 3. The van der Waals surface area contributed by atoms with Gasteiger partial charge in [-0.1, -0.05) is 59.4 Å². The molecule has 0 unspecified atom stereocenters. The molecule has 1 aromatic heterocycles. The fourth-order valence-electron chi connectivity index (χ4n) is 3.24. The fraction of sp³-hybridized carbons (Fsp3) is 0.333. The standard InChI is InChI=1S/C24H28N4O2S/c1-6-24(4,5)25-22(29)21(18-13-11-16(2)12-14-18)28(20-10-8-7-9-17(20)3)23(30)19-15-31-27-26-19/h7-15,21H,6H2,1-5H3,(H,25,29)/t21-/m1/s1. The number of hydrogen-bond acceptors (Lipinski definition) is 5. The van der Waals surface area contributed by atoms with E-state index in [-0.39, 0.29) is 17.5 Å². The van der Waals surface area contributed by atoms with Crippen LogP contribution in [0.25, 0.3) is 0 Å². The van der Waals surface area contributed by atoms with Crippen molar-refractivity contribution in [1.82, 2.24) is 14.9 Å². The molecular weight excluding hydrogens is 408 g/mol. The summed E-state index contributed by atoms with van der Waals surface area (Å²) in [5.74, 6) is -0.603. The van der Waals surface area contributed by atoms with Gasteiger partial charge in [-0.25, -0.2) is 0 Å². The Morgan fingerprint density at radius 1 is 1.10 bits per heavy atom. The molecule has 0 aliphatic heterocycles. The van der Waals surface area contributed by atoms with Crippen molar-refractivity contribution in [3.05, 3.63) is 76.3 Å². The van der Waals surface area contributed by atoms with E-state index in [0.29, 0.717) is 5.69 Å². The Bertz CT molecular complexity index is 1050. The Labute approximate surface area is 187 Å². The lowest BCUT2D eigenvalue weighted by Crippen LogP contribution is -2.50. The molecule has 0 saturated heterocycles. The predicted molar refractivity (Wildman–Crippen MR) is 124 cm³/mol. The topological polar surface area (TPSA) is 75.2 Å². The van der Waals surface area contributed by atoms with Crippen LogP contribution >= 0.6 is 11.5 Å². The summed E-state index contributed by atoms with van der Waals surface area (Å²) in [7, 11) is 0. The van der Waals surface area contributed by atoms with E-state index in [0.717, 1.165) is 34.6 Å². The number of carbonyl (C=O) groups excluding carboxylic acids is 2. The first-order valence-electron chi connectivity index (χ1n) is 10.3. The zero-order valence-corrected chi connectivity index (χ0v) is 19.4. The van der Waals surface area contributed by atoms with Gasteiger partial charge in [-0.2, -0.15) is 0 Å². The number of hydrogen-bond donors (Lipinski definition) is 1. The molecule has 3 rings (SSSR count). The largest absolute Gasteiger partial charge is 0.349 e. The number of rotatable bonds is 7. The van der Waals surface area contributed by atoms with E-state index in [4.69, 9.17) is 0 Å². The highest BCUT2D eigenvalue weighted by molar-refractivity contribution is 7.03. The molecule has 2 amide bonds. The molecule has 0 fully saturated rings. The van der Waals surface area contributed by atoms with Gasteiger partial charge >= 0.3 is 0 Å². The Balaban J connectivity index is 2.19. The molecule has 3 aromatic rings. The van der Waals surface area contributed by atoms with E-state index < -0.39 is 11.6 Å². The number of carbonyl (C=O) groups is 2. The summed E-state index contributed by atoms with van der Waals surface area (Å²) in [6, 6.07) is 14.4. The maximum absolute atomic E-state index is 13.7. The van der Waals surface area contributed by atoms with E-state index in [9.17, 15) is 9.59 Å². The number of amides is 2. The molecule has 0 aliphatic rings. The molecule has 0 spiro atoms. The Hall–Kier alpha value is -3.06. The van der Waals surface area contributed by atoms with Crippen molar-refractivity contribution in [3.63, 3.8) is 0 Å². The monoisotopic (exact) mass is 436 g/mol. The maximum Gasteiger partial charge on any atom is 0.280 e. The van der Waals surface area contributed by atoms with Gasteiger partial charge < -0.3 is 5.32 Å². The maximum atomic E-state index is 13.7. The third-order valence-corrected chi connectivity index (χ3v) is 5.92. The quantitative estimate of drug-likeness (QED) is 0.575. The third-order valence-electron chi connectivity index (χ3n) is 5.42. The van der Waals surface area contributed by atoms with E-state index in [1.54, 1.807) is 5.38 Å². The van der Waals surface area contributed by atoms with Gasteiger partial charge in [-0.15, -0.1) is 5.10 Å². The van der Waals surface area contributed by atoms with Gasteiger partial charge in [0, 0.05) is 16.6 Å². The molecule has 7 heteroatoms. The van der Waals surface area contributed by atoms with Gasteiger partial charge in [0.15, 0.2) is 5.69 Å². The summed E-state index contributed by atoms with van der Waals surface area (Å²) in [6.07, 6.45) is 0.758. The molecule has 0 radical (unpaired) electrons. The summed E-state index contributed by atoms with van der Waals surface area (Å²) in [4.78, 5) is 28.8. The van der Waals surface area contributed by atoms with E-state index in [1.165, 1.54) is 4.90 Å². The highest BCUT2D eigenvalue weighted by atomic mass is 32.1. The summed E-state index contributed by atoms with van der Waals surface area (Å²) in [6.45, 7) is 9.88. The van der Waals surface area contributed by atoms with Crippen molar-refractivity contribution in [2.75, 3.05) is 4.90 Å². The van der Waals surface area contributed by atoms with Crippen molar-refractivity contribution in [3.8, 4) is 0 Å². The highest BCUT2D eigenvalue weighted by Gasteiger charge is 2.36. The number of nitrogens with one attached hydrogen (secondary N) is 1.